The summed E-state index contributed by atoms with van der Waals surface area (Å²) in [6.45, 7) is 3.18. The van der Waals surface area contributed by atoms with Crippen LogP contribution in [0.25, 0.3) is 0 Å². The van der Waals surface area contributed by atoms with Gasteiger partial charge in [0.2, 0.25) is 0 Å². The number of carboxylic acid groups (broad SMARTS) is 2. The quantitative estimate of drug-likeness (QED) is 0.268. The fourth-order valence-corrected chi connectivity index (χ4v) is 0.455. The van der Waals surface area contributed by atoms with E-state index in [0.29, 0.717) is 0 Å². The first-order valence-electron chi connectivity index (χ1n) is 2.62. The minimum Gasteiger partial charge on any atom is -0.549 e. The maximum atomic E-state index is 9.95. The Morgan fingerprint density at radius 3 is 1.67 bits per heavy atom. The van der Waals surface area contributed by atoms with Crippen LogP contribution in [0.4, 0.5) is 0 Å². The predicted octanol–water partition coefficient (Wildman–Crippen LogP) is -8.31. The molecule has 0 aromatic rings. The first-order chi connectivity index (χ1) is 4.59. The van der Waals surface area contributed by atoms with E-state index in [2.05, 4.69) is 6.58 Å². The zero-order chi connectivity index (χ0) is 8.15. The monoisotopic (exact) mass is 220 g/mol. The van der Waals surface area contributed by atoms with Gasteiger partial charge in [-0.25, -0.2) is 0 Å². The Hall–Kier alpha value is 1.95. The van der Waals surface area contributed by atoms with Crippen molar-refractivity contribution in [3.63, 3.8) is 0 Å². The third kappa shape index (κ3) is 8.55. The van der Waals surface area contributed by atoms with Gasteiger partial charge in [0, 0.05) is 5.92 Å². The molecule has 4 nitrogen and oxygen atoms in total. The standard InChI is InChI=1S/C6H8O4.2K/c1-2-3-4(5(7)8)6(9)10;;/h2,4H,1,3H2,(H,7,8)(H,9,10);;/q;2*+1/p-2. The van der Waals surface area contributed by atoms with E-state index < -0.39 is 17.9 Å². The normalized spacial score (nSPS) is 7.75. The summed E-state index contributed by atoms with van der Waals surface area (Å²) >= 11 is 0. The van der Waals surface area contributed by atoms with E-state index in [1.807, 2.05) is 0 Å². The van der Waals surface area contributed by atoms with Gasteiger partial charge in [-0.3, -0.25) is 0 Å². The van der Waals surface area contributed by atoms with Gasteiger partial charge in [-0.05, 0) is 6.42 Å². The average Bonchev–Trinajstić information content (AvgIpc) is 1.81. The molecule has 0 N–H and O–H groups in total. The van der Waals surface area contributed by atoms with E-state index in [4.69, 9.17) is 0 Å². The molecule has 0 saturated carbocycles. The number of allylic oxidation sites excluding steroid dienone is 1. The van der Waals surface area contributed by atoms with Gasteiger partial charge in [0.15, 0.2) is 0 Å². The van der Waals surface area contributed by atoms with Crippen molar-refractivity contribution < 1.29 is 123 Å². The van der Waals surface area contributed by atoms with Crippen LogP contribution < -0.4 is 113 Å². The molecule has 0 amide bonds. The summed E-state index contributed by atoms with van der Waals surface area (Å²) in [5.74, 6) is -4.85. The van der Waals surface area contributed by atoms with Crippen molar-refractivity contribution in [2.45, 2.75) is 6.42 Å². The Labute approximate surface area is 156 Å². The molecule has 0 aromatic carbocycles. The van der Waals surface area contributed by atoms with Crippen LogP contribution in [0.5, 0.6) is 0 Å². The summed E-state index contributed by atoms with van der Waals surface area (Å²) in [6.07, 6.45) is 1.03. The molecular formula is C6H6K2O4. The van der Waals surface area contributed by atoms with Crippen molar-refractivity contribution in [3.8, 4) is 0 Å². The molecule has 0 unspecified atom stereocenters. The molecule has 0 radical (unpaired) electrons. The van der Waals surface area contributed by atoms with Gasteiger partial charge in [0.05, 0.1) is 11.9 Å². The van der Waals surface area contributed by atoms with Gasteiger partial charge < -0.3 is 19.8 Å². The van der Waals surface area contributed by atoms with Crippen LogP contribution in [0.2, 0.25) is 0 Å². The Morgan fingerprint density at radius 2 is 1.58 bits per heavy atom. The zero-order valence-electron chi connectivity index (χ0n) is 7.20. The molecule has 0 spiro atoms. The number of hydrogen-bond donors (Lipinski definition) is 0. The fraction of sp³-hybridized carbons (Fsp3) is 0.333. The van der Waals surface area contributed by atoms with Crippen molar-refractivity contribution in [1.29, 1.82) is 0 Å². The van der Waals surface area contributed by atoms with Crippen molar-refractivity contribution in [1.82, 2.24) is 0 Å². The molecule has 0 atom stereocenters. The molecule has 0 fully saturated rings. The van der Waals surface area contributed by atoms with Crippen LogP contribution >= 0.6 is 0 Å². The minimum absolute atomic E-state index is 0. The molecule has 6 heteroatoms. The topological polar surface area (TPSA) is 80.3 Å². The summed E-state index contributed by atoms with van der Waals surface area (Å²) in [7, 11) is 0. The third-order valence-electron chi connectivity index (χ3n) is 0.971. The van der Waals surface area contributed by atoms with Crippen LogP contribution in [-0.4, -0.2) is 11.9 Å². The number of rotatable bonds is 4. The maximum absolute atomic E-state index is 9.95. The molecule has 56 valence electrons. The van der Waals surface area contributed by atoms with E-state index in [9.17, 15) is 19.8 Å². The molecule has 0 saturated heterocycles. The molecule has 0 bridgehead atoms. The van der Waals surface area contributed by atoms with E-state index in [1.54, 1.807) is 0 Å². The first-order valence-corrected chi connectivity index (χ1v) is 2.62. The largest absolute Gasteiger partial charge is 1.00 e. The Bertz CT molecular complexity index is 155. The third-order valence-corrected chi connectivity index (χ3v) is 0.971. The van der Waals surface area contributed by atoms with E-state index >= 15 is 0 Å². The Balaban J connectivity index is -0.000000405. The van der Waals surface area contributed by atoms with Crippen molar-refractivity contribution >= 4 is 11.9 Å². The molecule has 0 aliphatic heterocycles. The van der Waals surface area contributed by atoms with Gasteiger partial charge in [0.1, 0.15) is 0 Å². The number of aliphatic carboxylic acids is 2. The van der Waals surface area contributed by atoms with Gasteiger partial charge in [0.25, 0.3) is 0 Å². The number of hydrogen-bond acceptors (Lipinski definition) is 4. The van der Waals surface area contributed by atoms with Crippen molar-refractivity contribution in [3.05, 3.63) is 12.7 Å². The van der Waals surface area contributed by atoms with E-state index in [-0.39, 0.29) is 109 Å². The van der Waals surface area contributed by atoms with Gasteiger partial charge in [-0.2, -0.15) is 0 Å². The summed E-state index contributed by atoms with van der Waals surface area (Å²) < 4.78 is 0. The number of carbonyl (C=O) groups excluding carboxylic acids is 2. The van der Waals surface area contributed by atoms with E-state index in [0.717, 1.165) is 0 Å². The van der Waals surface area contributed by atoms with Crippen molar-refractivity contribution in [2.24, 2.45) is 5.92 Å². The molecular weight excluding hydrogens is 214 g/mol. The molecule has 0 aromatic heterocycles. The zero-order valence-corrected chi connectivity index (χ0v) is 13.4. The number of carbonyl (C=O) groups is 2. The number of carboxylic acids is 2. The van der Waals surface area contributed by atoms with Crippen LogP contribution in [-0.2, 0) is 9.59 Å². The summed E-state index contributed by atoms with van der Waals surface area (Å²) in [4.78, 5) is 19.9. The van der Waals surface area contributed by atoms with Gasteiger partial charge in [-0.1, -0.05) is 6.08 Å². The predicted molar refractivity (Wildman–Crippen MR) is 28.3 cm³/mol. The second kappa shape index (κ2) is 11.0. The minimum atomic E-state index is -1.64. The van der Waals surface area contributed by atoms with Crippen LogP contribution in [0.15, 0.2) is 12.7 Å². The van der Waals surface area contributed by atoms with Crippen LogP contribution in [0.1, 0.15) is 6.42 Å². The molecule has 12 heavy (non-hydrogen) atoms. The van der Waals surface area contributed by atoms with E-state index in [1.165, 1.54) is 6.08 Å². The Kier molecular flexibility index (Phi) is 17.9. The summed E-state index contributed by atoms with van der Waals surface area (Å²) in [6, 6.07) is 0. The second-order valence-electron chi connectivity index (χ2n) is 1.72. The fourth-order valence-electron chi connectivity index (χ4n) is 0.455. The smallest absolute Gasteiger partial charge is 0.549 e. The maximum Gasteiger partial charge on any atom is 1.00 e. The summed E-state index contributed by atoms with van der Waals surface area (Å²) in [5.41, 5.74) is 0. The van der Waals surface area contributed by atoms with Gasteiger partial charge >= 0.3 is 103 Å². The summed E-state index contributed by atoms with van der Waals surface area (Å²) in [5, 5.41) is 19.9. The molecule has 0 aliphatic carbocycles. The second-order valence-corrected chi connectivity index (χ2v) is 1.72. The van der Waals surface area contributed by atoms with Crippen LogP contribution in [0, 0.1) is 5.92 Å². The van der Waals surface area contributed by atoms with Crippen LogP contribution in [0.3, 0.4) is 0 Å². The average molecular weight is 220 g/mol. The van der Waals surface area contributed by atoms with Gasteiger partial charge in [-0.15, -0.1) is 6.58 Å². The molecule has 0 rings (SSSR count). The Morgan fingerprint density at radius 1 is 1.25 bits per heavy atom. The SMILES string of the molecule is C=CCC(C(=O)[O-])C(=O)[O-].[K+].[K+]. The molecule has 0 heterocycles. The van der Waals surface area contributed by atoms with Crippen molar-refractivity contribution in [2.75, 3.05) is 0 Å². The molecule has 0 aliphatic rings. The first kappa shape index (κ1) is 19.5.